The number of aromatic nitrogens is 3. The number of nitrogens with zero attached hydrogens (tertiary/aromatic N) is 2. The first kappa shape index (κ1) is 7.50. The van der Waals surface area contributed by atoms with Gasteiger partial charge in [-0.3, -0.25) is 0 Å². The van der Waals surface area contributed by atoms with E-state index < -0.39 is 0 Å². The molecule has 0 unspecified atom stereocenters. The number of fused-ring (bicyclic) bond motifs is 1. The molecule has 2 aromatic heterocycles. The minimum atomic E-state index is 0.660. The Morgan fingerprint density at radius 3 is 3.08 bits per heavy atom. The molecule has 3 nitrogen and oxygen atoms in total. The summed E-state index contributed by atoms with van der Waals surface area (Å²) in [5.74, 6) is 1.76. The largest absolute Gasteiger partial charge is 0.326 e. The lowest BCUT2D eigenvalue weighted by atomic mass is 10.4. The molecule has 0 amide bonds. The van der Waals surface area contributed by atoms with E-state index in [0.29, 0.717) is 5.92 Å². The number of halogens is 1. The Hall–Kier alpha value is -0.900. The zero-order valence-corrected chi connectivity index (χ0v) is 8.50. The van der Waals surface area contributed by atoms with Crippen molar-refractivity contribution in [1.82, 2.24) is 15.0 Å². The highest BCUT2D eigenvalue weighted by Crippen LogP contribution is 2.38. The third-order valence-corrected chi connectivity index (χ3v) is 2.72. The van der Waals surface area contributed by atoms with Crippen LogP contribution < -0.4 is 0 Å². The molecule has 1 aliphatic rings. The normalized spacial score (nSPS) is 16.7. The number of aromatic amines is 1. The molecule has 1 aliphatic carbocycles. The van der Waals surface area contributed by atoms with Gasteiger partial charge in [-0.1, -0.05) is 0 Å². The smallest absolute Gasteiger partial charge is 0.157 e. The maximum Gasteiger partial charge on any atom is 0.157 e. The fraction of sp³-hybridized carbons (Fsp3) is 0.333. The molecule has 0 bridgehead atoms. The highest BCUT2D eigenvalue weighted by molar-refractivity contribution is 9.10. The summed E-state index contributed by atoms with van der Waals surface area (Å²) >= 11 is 3.38. The molecule has 3 rings (SSSR count). The molecular formula is C9H8BrN3. The minimum Gasteiger partial charge on any atom is -0.326 e. The summed E-state index contributed by atoms with van der Waals surface area (Å²) in [6.45, 7) is 0. The molecule has 1 fully saturated rings. The van der Waals surface area contributed by atoms with Crippen LogP contribution in [0.4, 0.5) is 0 Å². The molecule has 0 aliphatic heterocycles. The van der Waals surface area contributed by atoms with Gasteiger partial charge in [0.15, 0.2) is 5.65 Å². The van der Waals surface area contributed by atoms with Crippen molar-refractivity contribution in [2.75, 3.05) is 0 Å². The first-order valence-electron chi connectivity index (χ1n) is 4.34. The van der Waals surface area contributed by atoms with Gasteiger partial charge in [0.1, 0.15) is 11.3 Å². The van der Waals surface area contributed by atoms with E-state index in [4.69, 9.17) is 0 Å². The number of H-pyrrole nitrogens is 1. The fourth-order valence-electron chi connectivity index (χ4n) is 1.44. The summed E-state index contributed by atoms with van der Waals surface area (Å²) in [7, 11) is 0. The van der Waals surface area contributed by atoms with Crippen molar-refractivity contribution in [3.8, 4) is 0 Å². The van der Waals surface area contributed by atoms with Crippen molar-refractivity contribution in [1.29, 1.82) is 0 Å². The summed E-state index contributed by atoms with van der Waals surface area (Å²) in [5.41, 5.74) is 1.85. The van der Waals surface area contributed by atoms with E-state index in [0.717, 1.165) is 21.5 Å². The van der Waals surface area contributed by atoms with E-state index in [2.05, 4.69) is 30.9 Å². The van der Waals surface area contributed by atoms with Gasteiger partial charge in [-0.15, -0.1) is 0 Å². The Morgan fingerprint density at radius 1 is 1.46 bits per heavy atom. The monoisotopic (exact) mass is 237 g/mol. The topological polar surface area (TPSA) is 41.6 Å². The van der Waals surface area contributed by atoms with Crippen LogP contribution in [-0.2, 0) is 0 Å². The molecule has 1 N–H and O–H groups in total. The first-order chi connectivity index (χ1) is 6.33. The maximum absolute atomic E-state index is 4.49. The van der Waals surface area contributed by atoms with Gasteiger partial charge in [-0.2, -0.15) is 0 Å². The van der Waals surface area contributed by atoms with E-state index in [1.165, 1.54) is 12.8 Å². The Kier molecular flexibility index (Phi) is 1.47. The summed E-state index contributed by atoms with van der Waals surface area (Å²) in [5, 5.41) is 0. The van der Waals surface area contributed by atoms with Gasteiger partial charge >= 0.3 is 0 Å². The predicted octanol–water partition coefficient (Wildman–Crippen LogP) is 2.60. The zero-order valence-electron chi connectivity index (χ0n) is 6.92. The lowest BCUT2D eigenvalue weighted by Crippen LogP contribution is -1.79. The van der Waals surface area contributed by atoms with Crippen LogP contribution in [0.1, 0.15) is 24.6 Å². The van der Waals surface area contributed by atoms with Crippen LogP contribution in [0.3, 0.4) is 0 Å². The van der Waals surface area contributed by atoms with Crippen LogP contribution in [0, 0.1) is 0 Å². The van der Waals surface area contributed by atoms with E-state index in [9.17, 15) is 0 Å². The van der Waals surface area contributed by atoms with E-state index in [1.54, 1.807) is 6.20 Å². The minimum absolute atomic E-state index is 0.660. The van der Waals surface area contributed by atoms with Crippen LogP contribution in [0.15, 0.2) is 16.7 Å². The van der Waals surface area contributed by atoms with Gasteiger partial charge in [0, 0.05) is 16.6 Å². The first-order valence-corrected chi connectivity index (χ1v) is 5.13. The van der Waals surface area contributed by atoms with Crippen LogP contribution in [0.25, 0.3) is 11.2 Å². The summed E-state index contributed by atoms with van der Waals surface area (Å²) in [6.07, 6.45) is 4.32. The fourth-order valence-corrected chi connectivity index (χ4v) is 1.76. The Balaban J connectivity index is 2.20. The molecule has 66 valence electrons. The van der Waals surface area contributed by atoms with Crippen molar-refractivity contribution < 1.29 is 0 Å². The van der Waals surface area contributed by atoms with Gasteiger partial charge < -0.3 is 4.98 Å². The zero-order chi connectivity index (χ0) is 8.84. The molecule has 0 atom stereocenters. The second-order valence-corrected chi connectivity index (χ2v) is 4.33. The number of pyridine rings is 1. The van der Waals surface area contributed by atoms with Gasteiger partial charge in [0.2, 0.25) is 0 Å². The third-order valence-electron chi connectivity index (χ3n) is 2.29. The Morgan fingerprint density at radius 2 is 2.31 bits per heavy atom. The van der Waals surface area contributed by atoms with Crippen LogP contribution in [-0.4, -0.2) is 15.0 Å². The third kappa shape index (κ3) is 1.25. The molecule has 2 aromatic rings. The molecule has 1 saturated carbocycles. The van der Waals surface area contributed by atoms with Crippen molar-refractivity contribution in [2.45, 2.75) is 18.8 Å². The Labute approximate surface area is 83.7 Å². The van der Waals surface area contributed by atoms with E-state index in [-0.39, 0.29) is 0 Å². The standard InChI is InChI=1S/C9H8BrN3/c10-6-3-7-9(11-4-6)13-8(12-7)5-1-2-5/h3-5H,1-2H2,(H,11,12,13). The molecular weight excluding hydrogens is 230 g/mol. The quantitative estimate of drug-likeness (QED) is 0.829. The van der Waals surface area contributed by atoms with E-state index >= 15 is 0 Å². The van der Waals surface area contributed by atoms with Crippen molar-refractivity contribution >= 4 is 27.1 Å². The van der Waals surface area contributed by atoms with Crippen molar-refractivity contribution in [3.63, 3.8) is 0 Å². The average molecular weight is 238 g/mol. The maximum atomic E-state index is 4.49. The number of hydrogen-bond acceptors (Lipinski definition) is 2. The van der Waals surface area contributed by atoms with Crippen LogP contribution in [0.5, 0.6) is 0 Å². The number of hydrogen-bond donors (Lipinski definition) is 1. The van der Waals surface area contributed by atoms with Gasteiger partial charge in [0.05, 0.1) is 0 Å². The summed E-state index contributed by atoms with van der Waals surface area (Å²) < 4.78 is 0.980. The number of nitrogens with one attached hydrogen (secondary N) is 1. The van der Waals surface area contributed by atoms with Gasteiger partial charge in [-0.25, -0.2) is 9.97 Å². The van der Waals surface area contributed by atoms with E-state index in [1.807, 2.05) is 6.07 Å². The molecule has 0 saturated heterocycles. The van der Waals surface area contributed by atoms with Crippen LogP contribution in [0.2, 0.25) is 0 Å². The number of rotatable bonds is 1. The summed E-state index contributed by atoms with van der Waals surface area (Å²) in [6, 6.07) is 1.99. The van der Waals surface area contributed by atoms with Gasteiger partial charge in [0.25, 0.3) is 0 Å². The second-order valence-electron chi connectivity index (χ2n) is 3.42. The molecule has 4 heteroatoms. The molecule has 0 aromatic carbocycles. The predicted molar refractivity (Wildman–Crippen MR) is 53.6 cm³/mol. The molecule has 13 heavy (non-hydrogen) atoms. The molecule has 0 radical (unpaired) electrons. The molecule has 0 spiro atoms. The van der Waals surface area contributed by atoms with Crippen LogP contribution >= 0.6 is 15.9 Å². The lowest BCUT2D eigenvalue weighted by molar-refractivity contribution is 0.983. The molecule has 2 heterocycles. The Bertz CT molecular complexity index is 459. The van der Waals surface area contributed by atoms with Crippen molar-refractivity contribution in [3.05, 3.63) is 22.6 Å². The lowest BCUT2D eigenvalue weighted by Gasteiger charge is -1.86. The van der Waals surface area contributed by atoms with Crippen molar-refractivity contribution in [2.24, 2.45) is 0 Å². The summed E-state index contributed by atoms with van der Waals surface area (Å²) in [4.78, 5) is 12.0. The highest BCUT2D eigenvalue weighted by Gasteiger charge is 2.26. The number of imidazole rings is 1. The SMILES string of the molecule is Brc1cnc2[nH]c(C3CC3)nc2c1. The van der Waals surface area contributed by atoms with Gasteiger partial charge in [-0.05, 0) is 34.8 Å². The average Bonchev–Trinajstić information content (AvgIpc) is 2.87. The highest BCUT2D eigenvalue weighted by atomic mass is 79.9. The second kappa shape index (κ2) is 2.54.